The number of carbonyl (C=O) groups is 1. The van der Waals surface area contributed by atoms with E-state index in [9.17, 15) is 9.90 Å². The average molecular weight is 306 g/mol. The highest BCUT2D eigenvalue weighted by Gasteiger charge is 2.19. The van der Waals surface area contributed by atoms with Gasteiger partial charge < -0.3 is 15.5 Å². The molecule has 2 aromatic carbocycles. The molecular formula is C16H16ClNO3. The molecule has 4 nitrogen and oxygen atoms in total. The van der Waals surface area contributed by atoms with Crippen LogP contribution in [0.2, 0.25) is 5.02 Å². The molecule has 110 valence electrons. The lowest BCUT2D eigenvalue weighted by Gasteiger charge is -2.13. The van der Waals surface area contributed by atoms with Gasteiger partial charge >= 0.3 is 0 Å². The molecule has 0 unspecified atom stereocenters. The second-order valence-corrected chi connectivity index (χ2v) is 4.99. The maximum atomic E-state index is 12.0. The second kappa shape index (κ2) is 7.22. The smallest absolute Gasteiger partial charge is 0.257 e. The summed E-state index contributed by atoms with van der Waals surface area (Å²) in [5.41, 5.74) is 1.92. The van der Waals surface area contributed by atoms with Crippen molar-refractivity contribution in [2.75, 3.05) is 11.9 Å². The Bertz CT molecular complexity index is 613. The molecule has 0 aromatic heterocycles. The van der Waals surface area contributed by atoms with Crippen molar-refractivity contribution >= 4 is 23.2 Å². The molecule has 5 heteroatoms. The summed E-state index contributed by atoms with van der Waals surface area (Å²) >= 11 is 5.96. The van der Waals surface area contributed by atoms with Gasteiger partial charge in [0.2, 0.25) is 0 Å². The van der Waals surface area contributed by atoms with Gasteiger partial charge in [0.05, 0.1) is 0 Å². The van der Waals surface area contributed by atoms with Crippen LogP contribution >= 0.6 is 11.6 Å². The first-order valence-corrected chi connectivity index (χ1v) is 6.93. The molecule has 2 rings (SSSR count). The molecule has 0 bridgehead atoms. The van der Waals surface area contributed by atoms with Gasteiger partial charge in [-0.25, -0.2) is 0 Å². The third kappa shape index (κ3) is 4.04. The van der Waals surface area contributed by atoms with Crippen LogP contribution in [-0.4, -0.2) is 22.7 Å². The number of amides is 1. The third-order valence-electron chi connectivity index (χ3n) is 3.07. The predicted molar refractivity (Wildman–Crippen MR) is 82.3 cm³/mol. The van der Waals surface area contributed by atoms with Gasteiger partial charge in [0, 0.05) is 22.9 Å². The summed E-state index contributed by atoms with van der Waals surface area (Å²) in [5, 5.41) is 21.9. The Morgan fingerprint density at radius 1 is 1.14 bits per heavy atom. The molecule has 0 spiro atoms. The van der Waals surface area contributed by atoms with Gasteiger partial charge in [-0.2, -0.15) is 0 Å². The van der Waals surface area contributed by atoms with Crippen LogP contribution in [-0.2, 0) is 11.2 Å². The Morgan fingerprint density at radius 3 is 2.43 bits per heavy atom. The highest BCUT2D eigenvalue weighted by molar-refractivity contribution is 6.31. The Balaban J connectivity index is 2.05. The fraction of sp³-hybridized carbons (Fsp3) is 0.188. The van der Waals surface area contributed by atoms with Crippen molar-refractivity contribution < 1.29 is 15.0 Å². The standard InChI is InChI=1S/C16H16ClNO3/c17-14-4-2-1-3-13(14)15(20)16(21)18-12-7-5-11(6-8-12)9-10-19/h1-8,15,19-20H,9-10H2,(H,18,21)/t15-/m1/s1. The fourth-order valence-corrected chi connectivity index (χ4v) is 2.17. The highest BCUT2D eigenvalue weighted by Crippen LogP contribution is 2.23. The van der Waals surface area contributed by atoms with Crippen LogP contribution in [0.1, 0.15) is 17.2 Å². The van der Waals surface area contributed by atoms with E-state index in [-0.39, 0.29) is 6.61 Å². The van der Waals surface area contributed by atoms with E-state index in [1.165, 1.54) is 0 Å². The number of hydrogen-bond donors (Lipinski definition) is 3. The van der Waals surface area contributed by atoms with Crippen molar-refractivity contribution in [3.8, 4) is 0 Å². The number of carbonyl (C=O) groups excluding carboxylic acids is 1. The van der Waals surface area contributed by atoms with E-state index in [0.29, 0.717) is 22.7 Å². The molecule has 0 radical (unpaired) electrons. The monoisotopic (exact) mass is 305 g/mol. The van der Waals surface area contributed by atoms with Crippen molar-refractivity contribution in [2.24, 2.45) is 0 Å². The van der Waals surface area contributed by atoms with Crippen molar-refractivity contribution in [1.29, 1.82) is 0 Å². The minimum absolute atomic E-state index is 0.0803. The molecule has 1 atom stereocenters. The van der Waals surface area contributed by atoms with Crippen LogP contribution < -0.4 is 5.32 Å². The normalized spacial score (nSPS) is 12.0. The van der Waals surface area contributed by atoms with Gasteiger partial charge in [-0.05, 0) is 30.2 Å². The summed E-state index contributed by atoms with van der Waals surface area (Å²) in [7, 11) is 0. The number of nitrogens with one attached hydrogen (secondary N) is 1. The number of rotatable bonds is 5. The van der Waals surface area contributed by atoms with E-state index in [0.717, 1.165) is 5.56 Å². The summed E-state index contributed by atoms with van der Waals surface area (Å²) < 4.78 is 0. The van der Waals surface area contributed by atoms with Gasteiger partial charge in [0.25, 0.3) is 5.91 Å². The van der Waals surface area contributed by atoms with E-state index in [2.05, 4.69) is 5.32 Å². The zero-order chi connectivity index (χ0) is 15.2. The lowest BCUT2D eigenvalue weighted by Crippen LogP contribution is -2.21. The summed E-state index contributed by atoms with van der Waals surface area (Å²) in [6.45, 7) is 0.0803. The van der Waals surface area contributed by atoms with Crippen LogP contribution in [0.25, 0.3) is 0 Å². The number of benzene rings is 2. The van der Waals surface area contributed by atoms with Crippen molar-refractivity contribution in [3.05, 3.63) is 64.7 Å². The summed E-state index contributed by atoms with van der Waals surface area (Å²) in [6.07, 6.45) is -0.757. The van der Waals surface area contributed by atoms with E-state index in [1.807, 2.05) is 12.1 Å². The maximum Gasteiger partial charge on any atom is 0.257 e. The van der Waals surface area contributed by atoms with Crippen LogP contribution in [0.15, 0.2) is 48.5 Å². The lowest BCUT2D eigenvalue weighted by atomic mass is 10.1. The quantitative estimate of drug-likeness (QED) is 0.795. The summed E-state index contributed by atoms with van der Waals surface area (Å²) in [6, 6.07) is 13.7. The molecule has 0 saturated heterocycles. The average Bonchev–Trinajstić information content (AvgIpc) is 2.49. The van der Waals surface area contributed by atoms with Crippen molar-refractivity contribution in [1.82, 2.24) is 0 Å². The Morgan fingerprint density at radius 2 is 1.81 bits per heavy atom. The zero-order valence-corrected chi connectivity index (χ0v) is 12.0. The Hall–Kier alpha value is -1.88. The van der Waals surface area contributed by atoms with Gasteiger partial charge in [-0.1, -0.05) is 41.9 Å². The van der Waals surface area contributed by atoms with Crippen LogP contribution in [0, 0.1) is 0 Å². The molecule has 0 aliphatic carbocycles. The molecule has 1 amide bonds. The number of aliphatic hydroxyl groups excluding tert-OH is 2. The first-order chi connectivity index (χ1) is 10.1. The molecule has 0 aliphatic rings. The molecule has 3 N–H and O–H groups in total. The third-order valence-corrected chi connectivity index (χ3v) is 3.41. The van der Waals surface area contributed by atoms with Crippen molar-refractivity contribution in [2.45, 2.75) is 12.5 Å². The Kier molecular flexibility index (Phi) is 5.33. The summed E-state index contributed by atoms with van der Waals surface area (Å²) in [5.74, 6) is -0.544. The fourth-order valence-electron chi connectivity index (χ4n) is 1.93. The van der Waals surface area contributed by atoms with Gasteiger partial charge in [0.1, 0.15) is 0 Å². The van der Waals surface area contributed by atoms with E-state index >= 15 is 0 Å². The second-order valence-electron chi connectivity index (χ2n) is 4.58. The summed E-state index contributed by atoms with van der Waals surface area (Å²) in [4.78, 5) is 12.0. The van der Waals surface area contributed by atoms with E-state index in [4.69, 9.17) is 16.7 Å². The molecular weight excluding hydrogens is 290 g/mol. The predicted octanol–water partition coefficient (Wildman–Crippen LogP) is 2.55. The highest BCUT2D eigenvalue weighted by atomic mass is 35.5. The number of hydrogen-bond acceptors (Lipinski definition) is 3. The van der Waals surface area contributed by atoms with Gasteiger partial charge in [-0.15, -0.1) is 0 Å². The SMILES string of the molecule is O=C(Nc1ccc(CCO)cc1)[C@H](O)c1ccccc1Cl. The minimum atomic E-state index is -1.32. The minimum Gasteiger partial charge on any atom is -0.396 e. The first-order valence-electron chi connectivity index (χ1n) is 6.55. The Labute approximate surface area is 128 Å². The molecule has 0 aliphatic heterocycles. The molecule has 21 heavy (non-hydrogen) atoms. The number of aliphatic hydroxyl groups is 2. The topological polar surface area (TPSA) is 69.6 Å². The van der Waals surface area contributed by atoms with Gasteiger partial charge in [0.15, 0.2) is 6.10 Å². The molecule has 0 fully saturated rings. The number of anilines is 1. The number of halogens is 1. The first kappa shape index (κ1) is 15.5. The van der Waals surface area contributed by atoms with E-state index < -0.39 is 12.0 Å². The lowest BCUT2D eigenvalue weighted by molar-refractivity contribution is -0.124. The van der Waals surface area contributed by atoms with E-state index in [1.54, 1.807) is 36.4 Å². The van der Waals surface area contributed by atoms with Crippen LogP contribution in [0.5, 0.6) is 0 Å². The van der Waals surface area contributed by atoms with Crippen LogP contribution in [0.4, 0.5) is 5.69 Å². The largest absolute Gasteiger partial charge is 0.396 e. The van der Waals surface area contributed by atoms with Crippen molar-refractivity contribution in [3.63, 3.8) is 0 Å². The van der Waals surface area contributed by atoms with Gasteiger partial charge in [-0.3, -0.25) is 4.79 Å². The van der Waals surface area contributed by atoms with Crippen LogP contribution in [0.3, 0.4) is 0 Å². The zero-order valence-electron chi connectivity index (χ0n) is 11.3. The molecule has 0 saturated carbocycles. The molecule has 2 aromatic rings. The maximum absolute atomic E-state index is 12.0. The molecule has 0 heterocycles.